The van der Waals surface area contributed by atoms with Gasteiger partial charge in [-0.15, -0.1) is 0 Å². The van der Waals surface area contributed by atoms with Gasteiger partial charge in [-0.05, 0) is 37.5 Å². The van der Waals surface area contributed by atoms with E-state index in [2.05, 4.69) is 4.74 Å². The summed E-state index contributed by atoms with van der Waals surface area (Å²) in [6.45, 7) is -1.36. The van der Waals surface area contributed by atoms with Crippen LogP contribution >= 0.6 is 0 Å². The Labute approximate surface area is 114 Å². The van der Waals surface area contributed by atoms with Crippen molar-refractivity contribution >= 4 is 5.57 Å². The number of allylic oxidation sites excluding steroid dienone is 1. The summed E-state index contributed by atoms with van der Waals surface area (Å²) in [7, 11) is 0. The van der Waals surface area contributed by atoms with Crippen LogP contribution in [0.25, 0.3) is 5.57 Å². The minimum atomic E-state index is -2.85. The molecule has 2 nitrogen and oxygen atoms in total. The molecule has 2 atom stereocenters. The SMILES string of the molecule is C[C@@H](OC(F)F)[C@@H]1CCC(c2ccc(F)cc2F)=CO1. The Kier molecular flexibility index (Phi) is 4.65. The first-order valence-corrected chi connectivity index (χ1v) is 6.21. The van der Waals surface area contributed by atoms with Gasteiger partial charge in [-0.2, -0.15) is 8.78 Å². The van der Waals surface area contributed by atoms with Crippen molar-refractivity contribution in [3.8, 4) is 0 Å². The number of rotatable bonds is 4. The maximum atomic E-state index is 13.6. The summed E-state index contributed by atoms with van der Waals surface area (Å²) in [6, 6.07) is 3.29. The van der Waals surface area contributed by atoms with E-state index in [9.17, 15) is 17.6 Å². The Bertz CT molecular complexity index is 502. The van der Waals surface area contributed by atoms with Crippen molar-refractivity contribution in [1.29, 1.82) is 0 Å². The lowest BCUT2D eigenvalue weighted by molar-refractivity contribution is -0.184. The summed E-state index contributed by atoms with van der Waals surface area (Å²) in [4.78, 5) is 0. The van der Waals surface area contributed by atoms with E-state index >= 15 is 0 Å². The summed E-state index contributed by atoms with van der Waals surface area (Å²) in [5.74, 6) is -1.32. The van der Waals surface area contributed by atoms with Gasteiger partial charge in [-0.3, -0.25) is 0 Å². The fourth-order valence-corrected chi connectivity index (χ4v) is 2.14. The molecule has 1 heterocycles. The summed E-state index contributed by atoms with van der Waals surface area (Å²) >= 11 is 0. The maximum Gasteiger partial charge on any atom is 0.345 e. The predicted octanol–water partition coefficient (Wildman–Crippen LogP) is 4.11. The molecular weight excluding hydrogens is 276 g/mol. The van der Waals surface area contributed by atoms with Crippen LogP contribution in [0, 0.1) is 11.6 Å². The van der Waals surface area contributed by atoms with Crippen LogP contribution in [-0.2, 0) is 9.47 Å². The van der Waals surface area contributed by atoms with Crippen LogP contribution in [0.1, 0.15) is 25.3 Å². The van der Waals surface area contributed by atoms with Crippen molar-refractivity contribution in [3.63, 3.8) is 0 Å². The zero-order chi connectivity index (χ0) is 14.7. The topological polar surface area (TPSA) is 18.5 Å². The van der Waals surface area contributed by atoms with Gasteiger partial charge in [0.15, 0.2) is 0 Å². The van der Waals surface area contributed by atoms with Gasteiger partial charge in [-0.1, -0.05) is 0 Å². The second kappa shape index (κ2) is 6.26. The predicted molar refractivity (Wildman–Crippen MR) is 65.0 cm³/mol. The van der Waals surface area contributed by atoms with E-state index in [4.69, 9.17) is 4.74 Å². The van der Waals surface area contributed by atoms with Crippen LogP contribution in [0.2, 0.25) is 0 Å². The molecule has 2 rings (SSSR count). The molecular formula is C14H14F4O2. The second-order valence-electron chi connectivity index (χ2n) is 4.58. The molecule has 0 amide bonds. The molecule has 0 aliphatic carbocycles. The molecule has 0 bridgehead atoms. The minimum Gasteiger partial charge on any atom is -0.495 e. The number of hydrogen-bond donors (Lipinski definition) is 0. The lowest BCUT2D eigenvalue weighted by Crippen LogP contribution is -2.31. The van der Waals surface area contributed by atoms with E-state index in [0.717, 1.165) is 12.1 Å². The van der Waals surface area contributed by atoms with E-state index in [1.54, 1.807) is 0 Å². The van der Waals surface area contributed by atoms with Crippen LogP contribution < -0.4 is 0 Å². The van der Waals surface area contributed by atoms with Crippen LogP contribution in [0.4, 0.5) is 17.6 Å². The van der Waals surface area contributed by atoms with Gasteiger partial charge in [-0.25, -0.2) is 8.78 Å². The molecule has 1 aromatic carbocycles. The lowest BCUT2D eigenvalue weighted by Gasteiger charge is -2.28. The van der Waals surface area contributed by atoms with Gasteiger partial charge in [0.25, 0.3) is 0 Å². The van der Waals surface area contributed by atoms with E-state index in [0.29, 0.717) is 18.4 Å². The van der Waals surface area contributed by atoms with E-state index in [1.165, 1.54) is 19.3 Å². The van der Waals surface area contributed by atoms with Gasteiger partial charge in [0.05, 0.1) is 12.4 Å². The Morgan fingerprint density at radius 3 is 2.60 bits per heavy atom. The zero-order valence-corrected chi connectivity index (χ0v) is 10.8. The van der Waals surface area contributed by atoms with Gasteiger partial charge < -0.3 is 9.47 Å². The van der Waals surface area contributed by atoms with Crippen LogP contribution in [0.15, 0.2) is 24.5 Å². The van der Waals surface area contributed by atoms with Crippen molar-refractivity contribution in [2.75, 3.05) is 0 Å². The number of halogens is 4. The van der Waals surface area contributed by atoms with E-state index in [-0.39, 0.29) is 5.56 Å². The van der Waals surface area contributed by atoms with Crippen molar-refractivity contribution in [3.05, 3.63) is 41.7 Å². The molecule has 1 aliphatic heterocycles. The average molecular weight is 290 g/mol. The number of benzene rings is 1. The first-order valence-electron chi connectivity index (χ1n) is 6.21. The molecule has 1 aromatic rings. The normalized spacial score (nSPS) is 20.5. The Morgan fingerprint density at radius 1 is 1.30 bits per heavy atom. The van der Waals surface area contributed by atoms with Crippen LogP contribution in [0.5, 0.6) is 0 Å². The molecule has 0 radical (unpaired) electrons. The maximum absolute atomic E-state index is 13.6. The molecule has 0 saturated heterocycles. The minimum absolute atomic E-state index is 0.257. The largest absolute Gasteiger partial charge is 0.495 e. The van der Waals surface area contributed by atoms with Crippen molar-refractivity contribution in [2.45, 2.75) is 38.6 Å². The smallest absolute Gasteiger partial charge is 0.345 e. The first-order chi connectivity index (χ1) is 9.47. The van der Waals surface area contributed by atoms with Crippen LogP contribution in [-0.4, -0.2) is 18.8 Å². The molecule has 1 aliphatic rings. The summed E-state index contributed by atoms with van der Waals surface area (Å²) in [5.41, 5.74) is 0.829. The molecule has 0 aromatic heterocycles. The highest BCUT2D eigenvalue weighted by Crippen LogP contribution is 2.30. The number of hydrogen-bond acceptors (Lipinski definition) is 2. The van der Waals surface area contributed by atoms with Gasteiger partial charge in [0, 0.05) is 11.6 Å². The van der Waals surface area contributed by atoms with E-state index in [1.807, 2.05) is 0 Å². The third-order valence-electron chi connectivity index (χ3n) is 3.20. The fourth-order valence-electron chi connectivity index (χ4n) is 2.14. The van der Waals surface area contributed by atoms with Gasteiger partial charge in [0.2, 0.25) is 0 Å². The molecule has 0 unspecified atom stereocenters. The molecule has 0 N–H and O–H groups in total. The zero-order valence-electron chi connectivity index (χ0n) is 10.8. The molecule has 0 saturated carbocycles. The third-order valence-corrected chi connectivity index (χ3v) is 3.20. The number of ether oxygens (including phenoxy) is 2. The highest BCUT2D eigenvalue weighted by Gasteiger charge is 2.26. The Morgan fingerprint density at radius 2 is 2.05 bits per heavy atom. The summed E-state index contributed by atoms with van der Waals surface area (Å²) in [5, 5.41) is 0. The monoisotopic (exact) mass is 290 g/mol. The molecule has 20 heavy (non-hydrogen) atoms. The summed E-state index contributed by atoms with van der Waals surface area (Å²) in [6.07, 6.45) is 0.943. The second-order valence-corrected chi connectivity index (χ2v) is 4.58. The van der Waals surface area contributed by atoms with Crippen molar-refractivity contribution in [1.82, 2.24) is 0 Å². The quantitative estimate of drug-likeness (QED) is 0.777. The van der Waals surface area contributed by atoms with Gasteiger partial charge in [0.1, 0.15) is 17.7 Å². The molecule has 6 heteroatoms. The molecule has 0 spiro atoms. The summed E-state index contributed by atoms with van der Waals surface area (Å²) < 4.78 is 60.3. The van der Waals surface area contributed by atoms with Crippen LogP contribution in [0.3, 0.4) is 0 Å². The Hall–Kier alpha value is -1.56. The first kappa shape index (κ1) is 14.8. The third kappa shape index (κ3) is 3.50. The lowest BCUT2D eigenvalue weighted by atomic mass is 9.96. The highest BCUT2D eigenvalue weighted by atomic mass is 19.3. The van der Waals surface area contributed by atoms with E-state index < -0.39 is 30.5 Å². The molecule has 110 valence electrons. The Balaban J connectivity index is 2.05. The number of alkyl halides is 2. The highest BCUT2D eigenvalue weighted by molar-refractivity contribution is 5.65. The van der Waals surface area contributed by atoms with Gasteiger partial charge >= 0.3 is 6.61 Å². The average Bonchev–Trinajstić information content (AvgIpc) is 2.38. The molecule has 0 fully saturated rings. The fraction of sp³-hybridized carbons (Fsp3) is 0.429. The van der Waals surface area contributed by atoms with Crippen molar-refractivity contribution < 1.29 is 27.0 Å². The standard InChI is InChI=1S/C14H14F4O2/c1-8(20-14(17)18)13-5-2-9(7-19-13)11-4-3-10(15)6-12(11)16/h3-4,6-8,13-14H,2,5H2,1H3/t8-,13+/m1/s1. The van der Waals surface area contributed by atoms with Crippen molar-refractivity contribution in [2.24, 2.45) is 0 Å².